The molecule has 0 spiro atoms. The molecule has 0 fully saturated rings. The Morgan fingerprint density at radius 2 is 1.75 bits per heavy atom. The van der Waals surface area contributed by atoms with Crippen LogP contribution in [0.4, 0.5) is 0 Å². The monoisotopic (exact) mass is 310 g/mol. The number of phosphoric acid groups is 1. The van der Waals surface area contributed by atoms with E-state index < -0.39 is 13.8 Å². The van der Waals surface area contributed by atoms with Gasteiger partial charge in [-0.2, -0.15) is 4.65 Å². The number of ether oxygens (including phenoxy) is 1. The topological polar surface area (TPSA) is 82.1 Å². The van der Waals surface area contributed by atoms with Gasteiger partial charge in [0.1, 0.15) is 0 Å². The highest BCUT2D eigenvalue weighted by molar-refractivity contribution is 7.47. The molecule has 8 heteroatoms. The van der Waals surface area contributed by atoms with Crippen LogP contribution in [0.3, 0.4) is 0 Å². The van der Waals surface area contributed by atoms with Crippen LogP contribution in [0.2, 0.25) is 0 Å². The first-order chi connectivity index (χ1) is 9.16. The van der Waals surface area contributed by atoms with E-state index in [-0.39, 0.29) is 11.3 Å². The van der Waals surface area contributed by atoms with Crippen LogP contribution < -0.4 is 0 Å². The summed E-state index contributed by atoms with van der Waals surface area (Å²) in [5.41, 5.74) is 0. The van der Waals surface area contributed by atoms with Crippen LogP contribution in [0.1, 0.15) is 25.7 Å². The van der Waals surface area contributed by atoms with E-state index in [2.05, 4.69) is 6.58 Å². The Labute approximate surface area is 120 Å². The van der Waals surface area contributed by atoms with Crippen LogP contribution in [-0.4, -0.2) is 49.9 Å². The fraction of sp³-hybridized carbons (Fsp3) is 0.750. The minimum Gasteiger partial charge on any atom is -0.463 e. The van der Waals surface area contributed by atoms with Gasteiger partial charge in [-0.15, -0.1) is 0 Å². The van der Waals surface area contributed by atoms with Crippen molar-refractivity contribution in [2.45, 2.75) is 25.7 Å². The van der Waals surface area contributed by atoms with Crippen molar-refractivity contribution in [2.75, 3.05) is 34.4 Å². The molecule has 0 heterocycles. The van der Waals surface area contributed by atoms with Gasteiger partial charge < -0.3 is 4.74 Å². The Morgan fingerprint density at radius 3 is 2.25 bits per heavy atom. The van der Waals surface area contributed by atoms with Crippen molar-refractivity contribution in [3.05, 3.63) is 12.7 Å². The Bertz CT molecular complexity index is 352. The maximum atomic E-state index is 11.5. The van der Waals surface area contributed by atoms with Crippen LogP contribution in [0, 0.1) is 0 Å². The van der Waals surface area contributed by atoms with Gasteiger partial charge >= 0.3 is 13.8 Å². The largest absolute Gasteiger partial charge is 0.518 e. The number of hydrogen-bond acceptors (Lipinski definition) is 5. The molecule has 20 heavy (non-hydrogen) atoms. The molecular weight excluding hydrogens is 285 g/mol. The smallest absolute Gasteiger partial charge is 0.463 e. The van der Waals surface area contributed by atoms with E-state index in [1.165, 1.54) is 0 Å². The lowest BCUT2D eigenvalue weighted by Gasteiger charge is -2.22. The highest BCUT2D eigenvalue weighted by atomic mass is 31.2. The molecule has 0 rings (SSSR count). The number of carbonyl (C=O) groups excluding carboxylic acids is 1. The second-order valence-corrected chi connectivity index (χ2v) is 6.42. The zero-order chi connectivity index (χ0) is 15.6. The van der Waals surface area contributed by atoms with Gasteiger partial charge in [-0.1, -0.05) is 17.6 Å². The average molecular weight is 310 g/mol. The summed E-state index contributed by atoms with van der Waals surface area (Å²) in [4.78, 5) is 20.1. The number of quaternary nitrogens is 1. The number of esters is 1. The summed E-state index contributed by atoms with van der Waals surface area (Å²) in [5, 5.41) is 0. The maximum Gasteiger partial charge on any atom is 0.518 e. The Kier molecular flexibility index (Phi) is 8.93. The van der Waals surface area contributed by atoms with E-state index in [0.717, 1.165) is 25.3 Å². The second-order valence-electron chi connectivity index (χ2n) is 5.06. The molecule has 0 bridgehead atoms. The third kappa shape index (κ3) is 12.3. The molecule has 0 aromatic rings. The number of phosphoric ester groups is 1. The normalized spacial score (nSPS) is 14.6. The molecule has 1 unspecified atom stereocenters. The van der Waals surface area contributed by atoms with E-state index in [0.29, 0.717) is 13.0 Å². The van der Waals surface area contributed by atoms with Crippen molar-refractivity contribution in [1.29, 1.82) is 0 Å². The standard InChI is InChI=1S/C12H24NO6P/c1-5-12(14)17-10-8-6-7-9-11-18-20(15,16)19-13(2,3)4/h5H,1,6-11H2,2-4H3/p+1. The minimum absolute atomic E-state index is 0.109. The fourth-order valence-corrected chi connectivity index (χ4v) is 2.33. The average Bonchev–Trinajstić information content (AvgIpc) is 2.28. The van der Waals surface area contributed by atoms with Crippen molar-refractivity contribution >= 4 is 13.8 Å². The molecule has 0 radical (unpaired) electrons. The highest BCUT2D eigenvalue weighted by Crippen LogP contribution is 2.45. The molecule has 0 aromatic heterocycles. The maximum absolute atomic E-state index is 11.5. The molecule has 1 atom stereocenters. The van der Waals surface area contributed by atoms with E-state index in [9.17, 15) is 14.3 Å². The Hall–Kier alpha value is -0.720. The molecule has 7 nitrogen and oxygen atoms in total. The van der Waals surface area contributed by atoms with Gasteiger partial charge in [-0.3, -0.25) is 9.42 Å². The molecule has 0 aliphatic heterocycles. The van der Waals surface area contributed by atoms with Crippen molar-refractivity contribution < 1.29 is 32.8 Å². The summed E-state index contributed by atoms with van der Waals surface area (Å²) in [6, 6.07) is 0. The lowest BCUT2D eigenvalue weighted by atomic mass is 10.2. The lowest BCUT2D eigenvalue weighted by molar-refractivity contribution is -1.04. The van der Waals surface area contributed by atoms with Crippen LogP contribution in [-0.2, 0) is 23.2 Å². The summed E-state index contributed by atoms with van der Waals surface area (Å²) in [7, 11) is 0.865. The van der Waals surface area contributed by atoms with E-state index >= 15 is 0 Å². The van der Waals surface area contributed by atoms with Gasteiger partial charge in [-0.25, -0.2) is 9.36 Å². The predicted octanol–water partition coefficient (Wildman–Crippen LogP) is 2.03. The van der Waals surface area contributed by atoms with E-state index in [4.69, 9.17) is 13.9 Å². The quantitative estimate of drug-likeness (QED) is 0.157. The van der Waals surface area contributed by atoms with Gasteiger partial charge in [0.25, 0.3) is 0 Å². The van der Waals surface area contributed by atoms with Gasteiger partial charge in [-0.05, 0) is 19.3 Å². The molecule has 0 saturated heterocycles. The van der Waals surface area contributed by atoms with Gasteiger partial charge in [0.05, 0.1) is 34.4 Å². The molecular formula is C12H25NO6P+. The molecule has 1 N–H and O–H groups in total. The van der Waals surface area contributed by atoms with Crippen molar-refractivity contribution in [2.24, 2.45) is 0 Å². The van der Waals surface area contributed by atoms with Crippen LogP contribution in [0.5, 0.6) is 0 Å². The number of unbranched alkanes of at least 4 members (excludes halogenated alkanes) is 3. The number of hydrogen-bond donors (Lipinski definition) is 1. The SMILES string of the molecule is C=CC(=O)OCCCCCCOP(=O)(O)O[N+](C)(C)C. The summed E-state index contributed by atoms with van der Waals surface area (Å²) < 4.78 is 25.9. The molecule has 0 aliphatic carbocycles. The lowest BCUT2D eigenvalue weighted by Crippen LogP contribution is -2.33. The van der Waals surface area contributed by atoms with Crippen LogP contribution >= 0.6 is 7.82 Å². The van der Waals surface area contributed by atoms with E-state index in [1.807, 2.05) is 0 Å². The van der Waals surface area contributed by atoms with Crippen molar-refractivity contribution in [3.63, 3.8) is 0 Å². The Balaban J connectivity index is 3.55. The van der Waals surface area contributed by atoms with Crippen molar-refractivity contribution in [3.8, 4) is 0 Å². The second kappa shape index (κ2) is 9.26. The molecule has 0 aliphatic rings. The third-order valence-corrected chi connectivity index (χ3v) is 3.26. The first-order valence-electron chi connectivity index (χ1n) is 6.45. The molecule has 0 saturated carbocycles. The summed E-state index contributed by atoms with van der Waals surface area (Å²) in [6.45, 7) is 3.80. The zero-order valence-electron chi connectivity index (χ0n) is 12.4. The predicted molar refractivity (Wildman–Crippen MR) is 74.5 cm³/mol. The highest BCUT2D eigenvalue weighted by Gasteiger charge is 2.30. The Morgan fingerprint density at radius 1 is 1.20 bits per heavy atom. The first-order valence-corrected chi connectivity index (χ1v) is 7.95. The number of nitrogens with zero attached hydrogens (tertiary/aromatic N) is 1. The third-order valence-electron chi connectivity index (χ3n) is 2.05. The number of carbonyl (C=O) groups is 1. The van der Waals surface area contributed by atoms with Crippen LogP contribution in [0.25, 0.3) is 0 Å². The summed E-state index contributed by atoms with van der Waals surface area (Å²) >= 11 is 0. The summed E-state index contributed by atoms with van der Waals surface area (Å²) in [5.74, 6) is -0.424. The number of rotatable bonds is 11. The summed E-state index contributed by atoms with van der Waals surface area (Å²) in [6.07, 6.45) is 4.17. The number of hydroxylamine groups is 3. The van der Waals surface area contributed by atoms with Gasteiger partial charge in [0, 0.05) is 6.08 Å². The fourth-order valence-electron chi connectivity index (χ4n) is 1.30. The van der Waals surface area contributed by atoms with E-state index in [1.54, 1.807) is 21.1 Å². The van der Waals surface area contributed by atoms with Crippen LogP contribution in [0.15, 0.2) is 12.7 Å². The minimum atomic E-state index is -4.00. The molecule has 118 valence electrons. The first kappa shape index (κ1) is 19.3. The van der Waals surface area contributed by atoms with Gasteiger partial charge in [0.15, 0.2) is 0 Å². The van der Waals surface area contributed by atoms with Crippen molar-refractivity contribution in [1.82, 2.24) is 0 Å². The molecule has 0 amide bonds. The zero-order valence-corrected chi connectivity index (χ0v) is 13.3. The molecule has 0 aromatic carbocycles. The van der Waals surface area contributed by atoms with Gasteiger partial charge in [0.2, 0.25) is 0 Å².